The average Bonchev–Trinajstić information content (AvgIpc) is 2.22. The van der Waals surface area contributed by atoms with Crippen LogP contribution < -0.4 is 5.32 Å². The molecule has 0 bridgehead atoms. The number of benzene rings is 1. The molecule has 0 heterocycles. The van der Waals surface area contributed by atoms with Crippen LogP contribution in [0.15, 0.2) is 23.8 Å². The Balaban J connectivity index is 2.93. The minimum atomic E-state index is -0.813. The minimum Gasteiger partial charge on any atom is -0.314 e. The van der Waals surface area contributed by atoms with Crippen LogP contribution in [0.2, 0.25) is 0 Å². The molecule has 1 unspecified atom stereocenters. The average molecular weight is 211 g/mol. The molecule has 0 amide bonds. The van der Waals surface area contributed by atoms with E-state index in [1.165, 1.54) is 6.07 Å². The fourth-order valence-electron chi connectivity index (χ4n) is 1.22. The van der Waals surface area contributed by atoms with Gasteiger partial charge < -0.3 is 5.32 Å². The summed E-state index contributed by atoms with van der Waals surface area (Å²) in [6.45, 7) is 3.95. The second-order valence-corrected chi connectivity index (χ2v) is 3.57. The molecule has 82 valence electrons. The Morgan fingerprint density at radius 1 is 1.33 bits per heavy atom. The first-order valence-corrected chi connectivity index (χ1v) is 4.85. The third-order valence-corrected chi connectivity index (χ3v) is 2.45. The van der Waals surface area contributed by atoms with Crippen molar-refractivity contribution < 1.29 is 8.78 Å². The van der Waals surface area contributed by atoms with E-state index in [1.54, 1.807) is 6.07 Å². The van der Waals surface area contributed by atoms with Crippen LogP contribution in [-0.4, -0.2) is 13.1 Å². The zero-order valence-electron chi connectivity index (χ0n) is 9.14. The van der Waals surface area contributed by atoms with Crippen LogP contribution in [0.3, 0.4) is 0 Å². The van der Waals surface area contributed by atoms with Crippen LogP contribution in [0.25, 0.3) is 6.08 Å². The Hall–Kier alpha value is -1.22. The van der Waals surface area contributed by atoms with Crippen molar-refractivity contribution in [2.75, 3.05) is 7.05 Å². The topological polar surface area (TPSA) is 12.0 Å². The molecule has 0 radical (unpaired) electrons. The summed E-state index contributed by atoms with van der Waals surface area (Å²) in [5, 5.41) is 3.07. The molecule has 0 aliphatic heterocycles. The SMILES string of the molecule is CNC(C)/C(C)=C/c1ccc(F)c(F)c1. The van der Waals surface area contributed by atoms with Gasteiger partial charge >= 0.3 is 0 Å². The number of rotatable bonds is 3. The van der Waals surface area contributed by atoms with Crippen LogP contribution in [0, 0.1) is 11.6 Å². The van der Waals surface area contributed by atoms with E-state index in [2.05, 4.69) is 5.32 Å². The molecule has 1 N–H and O–H groups in total. The highest BCUT2D eigenvalue weighted by Gasteiger charge is 2.03. The number of halogens is 2. The maximum absolute atomic E-state index is 12.9. The second kappa shape index (κ2) is 5.03. The molecule has 0 saturated heterocycles. The first kappa shape index (κ1) is 11.9. The molecule has 1 aromatic carbocycles. The highest BCUT2D eigenvalue weighted by molar-refractivity contribution is 5.53. The number of hydrogen-bond acceptors (Lipinski definition) is 1. The van der Waals surface area contributed by atoms with E-state index >= 15 is 0 Å². The predicted molar refractivity (Wildman–Crippen MR) is 58.5 cm³/mol. The van der Waals surface area contributed by atoms with E-state index in [-0.39, 0.29) is 6.04 Å². The maximum atomic E-state index is 12.9. The van der Waals surface area contributed by atoms with Gasteiger partial charge in [0.15, 0.2) is 11.6 Å². The van der Waals surface area contributed by atoms with Crippen molar-refractivity contribution in [2.45, 2.75) is 19.9 Å². The summed E-state index contributed by atoms with van der Waals surface area (Å²) in [4.78, 5) is 0. The molecule has 3 heteroatoms. The molecule has 1 nitrogen and oxygen atoms in total. The summed E-state index contributed by atoms with van der Waals surface area (Å²) in [7, 11) is 1.85. The number of hydrogen-bond donors (Lipinski definition) is 1. The monoisotopic (exact) mass is 211 g/mol. The smallest absolute Gasteiger partial charge is 0.159 e. The van der Waals surface area contributed by atoms with Crippen molar-refractivity contribution in [3.63, 3.8) is 0 Å². The molecular weight excluding hydrogens is 196 g/mol. The van der Waals surface area contributed by atoms with Gasteiger partial charge in [-0.05, 0) is 38.6 Å². The highest BCUT2D eigenvalue weighted by atomic mass is 19.2. The molecule has 1 aromatic rings. The van der Waals surface area contributed by atoms with E-state index in [9.17, 15) is 8.78 Å². The van der Waals surface area contributed by atoms with E-state index in [1.807, 2.05) is 27.0 Å². The van der Waals surface area contributed by atoms with Crippen LogP contribution >= 0.6 is 0 Å². The molecule has 1 atom stereocenters. The lowest BCUT2D eigenvalue weighted by Gasteiger charge is -2.10. The van der Waals surface area contributed by atoms with Gasteiger partial charge in [-0.25, -0.2) is 8.78 Å². The zero-order valence-corrected chi connectivity index (χ0v) is 9.14. The Labute approximate surface area is 88.8 Å². The van der Waals surface area contributed by atoms with Crippen molar-refractivity contribution >= 4 is 6.08 Å². The third-order valence-electron chi connectivity index (χ3n) is 2.45. The number of likely N-dealkylation sites (N-methyl/N-ethyl adjacent to an activating group) is 1. The van der Waals surface area contributed by atoms with E-state index in [0.29, 0.717) is 5.56 Å². The van der Waals surface area contributed by atoms with Gasteiger partial charge in [0.05, 0.1) is 0 Å². The molecule has 1 rings (SSSR count). The van der Waals surface area contributed by atoms with Gasteiger partial charge in [-0.3, -0.25) is 0 Å². The Kier molecular flexibility index (Phi) is 3.97. The molecule has 0 fully saturated rings. The normalized spacial score (nSPS) is 14.1. The first-order valence-electron chi connectivity index (χ1n) is 4.85. The third kappa shape index (κ3) is 3.13. The van der Waals surface area contributed by atoms with Gasteiger partial charge in [0.1, 0.15) is 0 Å². The van der Waals surface area contributed by atoms with E-state index < -0.39 is 11.6 Å². The summed E-state index contributed by atoms with van der Waals surface area (Å²) >= 11 is 0. The van der Waals surface area contributed by atoms with Crippen LogP contribution in [0.1, 0.15) is 19.4 Å². The lowest BCUT2D eigenvalue weighted by molar-refractivity contribution is 0.508. The lowest BCUT2D eigenvalue weighted by Crippen LogP contribution is -2.21. The van der Waals surface area contributed by atoms with Gasteiger partial charge in [0, 0.05) is 6.04 Å². The summed E-state index contributed by atoms with van der Waals surface area (Å²) in [5.74, 6) is -1.62. The first-order chi connectivity index (χ1) is 7.04. The standard InChI is InChI=1S/C12H15F2N/c1-8(9(2)15-3)6-10-4-5-11(13)12(14)7-10/h4-7,9,15H,1-3H3/b8-6+. The predicted octanol–water partition coefficient (Wildman–Crippen LogP) is 2.98. The van der Waals surface area contributed by atoms with Crippen molar-refractivity contribution in [3.05, 3.63) is 41.0 Å². The summed E-state index contributed by atoms with van der Waals surface area (Å²) in [6.07, 6.45) is 1.84. The van der Waals surface area contributed by atoms with Crippen LogP contribution in [0.4, 0.5) is 8.78 Å². The Morgan fingerprint density at radius 3 is 2.53 bits per heavy atom. The fourth-order valence-corrected chi connectivity index (χ4v) is 1.22. The van der Waals surface area contributed by atoms with Crippen molar-refractivity contribution in [1.82, 2.24) is 5.32 Å². The molecule has 0 aliphatic rings. The van der Waals surface area contributed by atoms with Crippen molar-refractivity contribution in [3.8, 4) is 0 Å². The summed E-state index contributed by atoms with van der Waals surface area (Å²) < 4.78 is 25.5. The molecule has 0 aromatic heterocycles. The van der Waals surface area contributed by atoms with Crippen molar-refractivity contribution in [1.29, 1.82) is 0 Å². The van der Waals surface area contributed by atoms with E-state index in [4.69, 9.17) is 0 Å². The molecule has 0 saturated carbocycles. The molecule has 0 aliphatic carbocycles. The van der Waals surface area contributed by atoms with E-state index in [0.717, 1.165) is 11.6 Å². The molecular formula is C12H15F2N. The van der Waals surface area contributed by atoms with Gasteiger partial charge in [-0.15, -0.1) is 0 Å². The molecule has 0 spiro atoms. The fraction of sp³-hybridized carbons (Fsp3) is 0.333. The van der Waals surface area contributed by atoms with Gasteiger partial charge in [-0.2, -0.15) is 0 Å². The highest BCUT2D eigenvalue weighted by Crippen LogP contribution is 2.13. The quantitative estimate of drug-likeness (QED) is 0.810. The van der Waals surface area contributed by atoms with Crippen molar-refractivity contribution in [2.24, 2.45) is 0 Å². The minimum absolute atomic E-state index is 0.220. The van der Waals surface area contributed by atoms with Gasteiger partial charge in [0.25, 0.3) is 0 Å². The second-order valence-electron chi connectivity index (χ2n) is 3.57. The largest absolute Gasteiger partial charge is 0.314 e. The number of nitrogens with one attached hydrogen (secondary N) is 1. The van der Waals surface area contributed by atoms with Crippen LogP contribution in [-0.2, 0) is 0 Å². The summed E-state index contributed by atoms with van der Waals surface area (Å²) in [5.41, 5.74) is 1.75. The molecule has 15 heavy (non-hydrogen) atoms. The van der Waals surface area contributed by atoms with Gasteiger partial charge in [0.2, 0.25) is 0 Å². The Morgan fingerprint density at radius 2 is 2.00 bits per heavy atom. The Bertz CT molecular complexity index is 372. The van der Waals surface area contributed by atoms with Gasteiger partial charge in [-0.1, -0.05) is 17.7 Å². The summed E-state index contributed by atoms with van der Waals surface area (Å²) in [6, 6.07) is 4.11. The zero-order chi connectivity index (χ0) is 11.4. The maximum Gasteiger partial charge on any atom is 0.159 e. The lowest BCUT2D eigenvalue weighted by atomic mass is 10.1. The van der Waals surface area contributed by atoms with Crippen LogP contribution in [0.5, 0.6) is 0 Å².